The monoisotopic (exact) mass is 913 g/mol. The minimum atomic E-state index is -7.22. The van der Waals surface area contributed by atoms with Gasteiger partial charge in [-0.2, -0.15) is 0 Å². The van der Waals surface area contributed by atoms with Crippen LogP contribution in [0.1, 0.15) is 58.3 Å². The Kier molecular flexibility index (Phi) is 16.1. The molecule has 2 N–H and O–H groups in total. The third-order valence-corrected chi connectivity index (χ3v) is 9.94. The summed E-state index contributed by atoms with van der Waals surface area (Å²) in [6, 6.07) is 10.7. The van der Waals surface area contributed by atoms with Gasteiger partial charge in [-0.15, -0.1) is 21.9 Å². The van der Waals surface area contributed by atoms with E-state index in [2.05, 4.69) is 42.6 Å². The second-order valence-corrected chi connectivity index (χ2v) is 13.7. The number of quaternary nitrogens is 1. The second-order valence-electron chi connectivity index (χ2n) is 13.7. The molecule has 0 saturated carbocycles. The molecule has 0 bridgehead atoms. The summed E-state index contributed by atoms with van der Waals surface area (Å²) in [6.45, 7) is 3.51. The van der Waals surface area contributed by atoms with E-state index in [4.69, 9.17) is 0 Å². The van der Waals surface area contributed by atoms with E-state index in [0.29, 0.717) is 0 Å². The fourth-order valence-corrected chi connectivity index (χ4v) is 7.01. The van der Waals surface area contributed by atoms with Crippen molar-refractivity contribution in [3.63, 3.8) is 0 Å². The minimum Gasteiger partial charge on any atom is -0.314 e. The molecule has 336 valence electrons. The molecule has 0 aliphatic heterocycles. The van der Waals surface area contributed by atoms with Gasteiger partial charge in [-0.25, -0.2) is 87.8 Å². The fourth-order valence-electron chi connectivity index (χ4n) is 7.01. The number of hydrogen-bond acceptors (Lipinski definition) is 0. The Morgan fingerprint density at radius 2 is 0.532 bits per heavy atom. The van der Waals surface area contributed by atoms with E-state index >= 15 is 35.1 Å². The van der Waals surface area contributed by atoms with Crippen molar-refractivity contribution in [3.8, 4) is 0 Å². The van der Waals surface area contributed by atoms with Crippen LogP contribution in [0.4, 0.5) is 93.5 Å². The zero-order chi connectivity index (χ0) is 46.5. The largest absolute Gasteiger partial charge is 0.314 e. The molecule has 0 fully saturated rings. The topological polar surface area (TPSA) is 16.6 Å². The molecule has 62 heavy (non-hydrogen) atoms. The summed E-state index contributed by atoms with van der Waals surface area (Å²) in [7, 11) is 0. The van der Waals surface area contributed by atoms with Gasteiger partial charge in [-0.1, -0.05) is 63.6 Å². The molecule has 0 unspecified atom stereocenters. The first-order valence-corrected chi connectivity index (χ1v) is 18.2. The predicted molar refractivity (Wildman–Crippen MR) is 185 cm³/mol. The van der Waals surface area contributed by atoms with Crippen LogP contribution < -0.4 is 27.2 Å². The number of benzene rings is 5. The lowest BCUT2D eigenvalue weighted by atomic mass is 9.12. The van der Waals surface area contributed by atoms with Gasteiger partial charge in [0.2, 0.25) is 0 Å². The van der Waals surface area contributed by atoms with E-state index < -0.39 is 144 Å². The van der Waals surface area contributed by atoms with Gasteiger partial charge in [-0.3, -0.25) is 0 Å². The highest BCUT2D eigenvalue weighted by Crippen LogP contribution is 2.30. The Morgan fingerprint density at radius 3 is 0.790 bits per heavy atom. The van der Waals surface area contributed by atoms with Crippen molar-refractivity contribution in [2.24, 2.45) is 0 Å². The molecule has 0 heterocycles. The summed E-state index contributed by atoms with van der Waals surface area (Å²) >= 11 is 0. The summed E-state index contributed by atoms with van der Waals surface area (Å²) < 4.78 is 294. The van der Waals surface area contributed by atoms with Crippen molar-refractivity contribution in [1.82, 2.24) is 0 Å². The maximum Gasteiger partial charge on any atom is 0.200 e. The van der Waals surface area contributed by atoms with Crippen LogP contribution in [0, 0.1) is 116 Å². The van der Waals surface area contributed by atoms with E-state index in [-0.39, 0.29) is 0 Å². The fraction of sp³-hybridized carbons (Fsp3) is 0.250. The molecule has 0 radical (unpaired) electrons. The number of nitrogens with two attached hydrogens (primary N) is 1. The van der Waals surface area contributed by atoms with Crippen molar-refractivity contribution < 1.29 is 93.1 Å². The molecule has 0 atom stereocenters. The van der Waals surface area contributed by atoms with Crippen LogP contribution in [0.5, 0.6) is 0 Å². The lowest BCUT2D eigenvalue weighted by Crippen LogP contribution is -2.81. The van der Waals surface area contributed by atoms with Crippen molar-refractivity contribution in [2.75, 3.05) is 6.54 Å². The molecule has 0 aromatic heterocycles. The van der Waals surface area contributed by atoms with E-state index in [0.717, 1.165) is 0 Å². The van der Waals surface area contributed by atoms with Crippen molar-refractivity contribution in [2.45, 2.75) is 58.3 Å². The maximum absolute atomic E-state index is 15.4. The molecular formula is C40H28BF20N. The Morgan fingerprint density at radius 1 is 0.306 bits per heavy atom. The van der Waals surface area contributed by atoms with Crippen molar-refractivity contribution >= 4 is 33.7 Å². The number of para-hydroxylation sites is 1. The highest BCUT2D eigenvalue weighted by atomic mass is 19.2. The molecule has 5 aromatic rings. The smallest absolute Gasteiger partial charge is 0.200 e. The number of rotatable bonds is 14. The summed E-state index contributed by atoms with van der Waals surface area (Å²) in [4.78, 5) is 0. The lowest BCUT2D eigenvalue weighted by molar-refractivity contribution is -0.572. The first kappa shape index (κ1) is 49.4. The van der Waals surface area contributed by atoms with E-state index in [1.165, 1.54) is 63.6 Å². The van der Waals surface area contributed by atoms with Crippen LogP contribution in [0.3, 0.4) is 0 Å². The quantitative estimate of drug-likeness (QED) is 0.0286. The van der Waals surface area contributed by atoms with Crippen molar-refractivity contribution in [3.05, 3.63) is 147 Å². The molecule has 0 aliphatic carbocycles. The third-order valence-electron chi connectivity index (χ3n) is 9.94. The highest BCUT2D eigenvalue weighted by Gasteiger charge is 2.52. The average Bonchev–Trinajstić information content (AvgIpc) is 3.26. The second kappa shape index (κ2) is 20.3. The molecule has 1 nitrogen and oxygen atoms in total. The van der Waals surface area contributed by atoms with Crippen molar-refractivity contribution in [1.29, 1.82) is 0 Å². The molecule has 22 heteroatoms. The number of halogens is 20. The maximum atomic E-state index is 15.4. The normalized spacial score (nSPS) is 11.6. The average molecular weight is 913 g/mol. The molecule has 0 saturated heterocycles. The van der Waals surface area contributed by atoms with Gasteiger partial charge in [0.25, 0.3) is 0 Å². The lowest BCUT2D eigenvalue weighted by Gasteiger charge is -2.44. The van der Waals surface area contributed by atoms with Gasteiger partial charge in [0.05, 0.1) is 6.54 Å². The van der Waals surface area contributed by atoms with E-state index in [1.54, 1.807) is 0 Å². The minimum absolute atomic E-state index is 1.24. The molecule has 5 rings (SSSR count). The standard InChI is InChI=1S/C24BF20.C16H27N/c26-5-1(6(27)14(35)21(42)13(5)34)25(2-7(28)15(36)22(43)16(37)8(2)29,3-9(30)17(38)23(44)18(39)10(3)31)4-11(32)19(40)24(45)20(41)12(4)33;1-2-3-4-5-6-7-8-12-15-17-16-13-10-9-11-14-16/h;9-11,13-14,17H,2-8,12,15H2,1H3/q-1;/p+1. The zero-order valence-corrected chi connectivity index (χ0v) is 31.5. The third kappa shape index (κ3) is 8.83. The molecule has 0 aliphatic rings. The molecule has 5 aromatic carbocycles. The first-order valence-electron chi connectivity index (χ1n) is 18.2. The Labute approximate surface area is 338 Å². The van der Waals surface area contributed by atoms with E-state index in [9.17, 15) is 52.7 Å². The number of hydrogen-bond donors (Lipinski definition) is 1. The van der Waals surface area contributed by atoms with Gasteiger partial charge < -0.3 is 5.32 Å². The zero-order valence-electron chi connectivity index (χ0n) is 31.5. The summed E-state index contributed by atoms with van der Waals surface area (Å²) in [5.74, 6) is -71.4. The first-order chi connectivity index (χ1) is 29.1. The summed E-state index contributed by atoms with van der Waals surface area (Å²) in [6.07, 6.45) is 4.04. The molecule has 0 amide bonds. The van der Waals surface area contributed by atoms with Gasteiger partial charge in [0.15, 0.2) is 69.8 Å². The Bertz CT molecular complexity index is 2060. The highest BCUT2D eigenvalue weighted by molar-refractivity contribution is 7.20. The van der Waals surface area contributed by atoms with E-state index in [1.807, 2.05) is 0 Å². The molecular weight excluding hydrogens is 885 g/mol. The Balaban J connectivity index is 0.000000416. The molecule has 0 spiro atoms. The van der Waals surface area contributed by atoms with Crippen LogP contribution in [-0.4, -0.2) is 12.7 Å². The van der Waals surface area contributed by atoms with Gasteiger partial charge in [-0.05, 0) is 25.0 Å². The van der Waals surface area contributed by atoms with Crippen LogP contribution in [0.2, 0.25) is 0 Å². The van der Waals surface area contributed by atoms with Crippen LogP contribution >= 0.6 is 0 Å². The van der Waals surface area contributed by atoms with Crippen LogP contribution in [-0.2, 0) is 0 Å². The number of unbranched alkanes of at least 4 members (excludes halogenated alkanes) is 7. The SMILES string of the molecule is CCCCCCCCCC[NH2+]c1ccccc1.Fc1c(F)c(F)c([B-](c2c(F)c(F)c(F)c(F)c2F)(c2c(F)c(F)c(F)c(F)c2F)c2c(F)c(F)c(F)c(F)c2F)c(F)c1F. The van der Waals surface area contributed by atoms with Gasteiger partial charge in [0.1, 0.15) is 58.4 Å². The van der Waals surface area contributed by atoms with Gasteiger partial charge >= 0.3 is 0 Å². The summed E-state index contributed by atoms with van der Waals surface area (Å²) in [5.41, 5.74) is -13.0. The van der Waals surface area contributed by atoms with Gasteiger partial charge in [0, 0.05) is 0 Å². The predicted octanol–water partition coefficient (Wildman–Crippen LogP) is 9.87. The Hall–Kier alpha value is -5.28. The van der Waals surface area contributed by atoms with Crippen LogP contribution in [0.15, 0.2) is 30.3 Å². The summed E-state index contributed by atoms with van der Waals surface area (Å²) in [5, 5.41) is 2.36. The van der Waals surface area contributed by atoms with Crippen LogP contribution in [0.25, 0.3) is 0 Å².